The summed E-state index contributed by atoms with van der Waals surface area (Å²) in [6.45, 7) is 1.73. The van der Waals surface area contributed by atoms with Crippen LogP contribution in [0.15, 0.2) is 90.0 Å². The number of hydrogen-bond acceptors (Lipinski definition) is 4. The molecule has 5 nitrogen and oxygen atoms in total. The van der Waals surface area contributed by atoms with Gasteiger partial charge in [-0.25, -0.2) is 12.4 Å². The molecule has 0 aliphatic heterocycles. The average Bonchev–Trinajstić information content (AvgIpc) is 3.21. The fourth-order valence-corrected chi connectivity index (χ4v) is 4.82. The highest BCUT2D eigenvalue weighted by Gasteiger charge is 2.19. The number of nitrogens with one attached hydrogen (secondary N) is 1. The number of halogens is 1. The van der Waals surface area contributed by atoms with Crippen LogP contribution in [0.25, 0.3) is 10.9 Å². The molecule has 30 heavy (non-hydrogen) atoms. The lowest BCUT2D eigenvalue weighted by atomic mass is 10.2. The normalized spacial score (nSPS) is 11.6. The van der Waals surface area contributed by atoms with E-state index in [1.165, 1.54) is 3.97 Å². The Balaban J connectivity index is 1.45. The fraction of sp³-hybridized carbons (Fsp3) is 0.130. The summed E-state index contributed by atoms with van der Waals surface area (Å²) in [5.74, 6) is 0.647. The second kappa shape index (κ2) is 8.92. The lowest BCUT2D eigenvalue weighted by molar-refractivity contribution is 0.317. The van der Waals surface area contributed by atoms with Gasteiger partial charge in [0, 0.05) is 29.7 Å². The average molecular weight is 441 g/mol. The van der Waals surface area contributed by atoms with E-state index in [4.69, 9.17) is 16.3 Å². The van der Waals surface area contributed by atoms with E-state index in [1.54, 1.807) is 54.7 Å². The van der Waals surface area contributed by atoms with Gasteiger partial charge in [0.2, 0.25) is 0 Å². The molecule has 1 aromatic heterocycles. The monoisotopic (exact) mass is 440 g/mol. The first-order valence-electron chi connectivity index (χ1n) is 9.55. The summed E-state index contributed by atoms with van der Waals surface area (Å²) in [7, 11) is -3.67. The van der Waals surface area contributed by atoms with Crippen LogP contribution < -0.4 is 10.1 Å². The molecular formula is C23H21ClN2O3S. The van der Waals surface area contributed by atoms with Crippen LogP contribution in [0.1, 0.15) is 5.56 Å². The zero-order valence-electron chi connectivity index (χ0n) is 16.2. The van der Waals surface area contributed by atoms with Crippen molar-refractivity contribution in [3.05, 3.63) is 95.6 Å². The molecule has 1 N–H and O–H groups in total. The first-order chi connectivity index (χ1) is 14.6. The number of rotatable bonds is 8. The molecule has 0 saturated heterocycles. The highest BCUT2D eigenvalue weighted by molar-refractivity contribution is 7.90. The quantitative estimate of drug-likeness (QED) is 0.403. The Hall–Kier alpha value is -2.80. The van der Waals surface area contributed by atoms with Crippen LogP contribution in [0.2, 0.25) is 5.02 Å². The van der Waals surface area contributed by atoms with E-state index < -0.39 is 10.0 Å². The molecule has 0 amide bonds. The molecule has 154 valence electrons. The van der Waals surface area contributed by atoms with Gasteiger partial charge in [-0.05, 0) is 42.0 Å². The highest BCUT2D eigenvalue weighted by Crippen LogP contribution is 2.29. The maximum Gasteiger partial charge on any atom is 0.268 e. The number of ether oxygens (including phenoxy) is 1. The van der Waals surface area contributed by atoms with Gasteiger partial charge < -0.3 is 10.1 Å². The van der Waals surface area contributed by atoms with Crippen molar-refractivity contribution in [1.29, 1.82) is 0 Å². The Morgan fingerprint density at radius 2 is 1.67 bits per heavy atom. The third-order valence-electron chi connectivity index (χ3n) is 4.77. The highest BCUT2D eigenvalue weighted by atomic mass is 35.5. The summed E-state index contributed by atoms with van der Waals surface area (Å²) in [5.41, 5.74) is 1.62. The molecular weight excluding hydrogens is 420 g/mol. The number of nitrogens with zero attached hydrogens (tertiary/aromatic N) is 1. The van der Waals surface area contributed by atoms with Gasteiger partial charge in [-0.15, -0.1) is 0 Å². The van der Waals surface area contributed by atoms with Crippen LogP contribution in [0.4, 0.5) is 0 Å². The maximum absolute atomic E-state index is 13.0. The smallest absolute Gasteiger partial charge is 0.268 e. The molecule has 1 heterocycles. The topological polar surface area (TPSA) is 60.3 Å². The number of benzene rings is 3. The van der Waals surface area contributed by atoms with Gasteiger partial charge >= 0.3 is 0 Å². The number of hydrogen-bond donors (Lipinski definition) is 1. The number of fused-ring (bicyclic) bond motifs is 1. The standard InChI is InChI=1S/C23H21ClN2O3S/c24-21-10-5-4-7-18(21)17-25-14-16-29-23-12-6-11-22-20(23)13-15-26(22)30(27,28)19-8-2-1-3-9-19/h1-13,15,25H,14,16-17H2. The van der Waals surface area contributed by atoms with Gasteiger partial charge in [0.1, 0.15) is 12.4 Å². The molecule has 7 heteroatoms. The SMILES string of the molecule is O=S(=O)(c1ccccc1)n1ccc2c(OCCNCc3ccccc3Cl)cccc21. The van der Waals surface area contributed by atoms with Gasteiger partial charge in [0.25, 0.3) is 10.0 Å². The Kier molecular flexibility index (Phi) is 6.08. The van der Waals surface area contributed by atoms with Crippen molar-refractivity contribution in [3.63, 3.8) is 0 Å². The van der Waals surface area contributed by atoms with Crippen molar-refractivity contribution < 1.29 is 13.2 Å². The van der Waals surface area contributed by atoms with Crippen molar-refractivity contribution in [2.24, 2.45) is 0 Å². The fourth-order valence-electron chi connectivity index (χ4n) is 3.25. The predicted molar refractivity (Wildman–Crippen MR) is 120 cm³/mol. The van der Waals surface area contributed by atoms with E-state index >= 15 is 0 Å². The van der Waals surface area contributed by atoms with Gasteiger partial charge in [-0.1, -0.05) is 54.1 Å². The minimum absolute atomic E-state index is 0.248. The van der Waals surface area contributed by atoms with E-state index in [0.717, 1.165) is 16.0 Å². The van der Waals surface area contributed by atoms with E-state index in [9.17, 15) is 8.42 Å². The van der Waals surface area contributed by atoms with Gasteiger partial charge in [-0.2, -0.15) is 0 Å². The van der Waals surface area contributed by atoms with E-state index in [0.29, 0.717) is 31.0 Å². The van der Waals surface area contributed by atoms with Crippen LogP contribution in [0.5, 0.6) is 5.75 Å². The van der Waals surface area contributed by atoms with Crippen molar-refractivity contribution in [1.82, 2.24) is 9.29 Å². The largest absolute Gasteiger partial charge is 0.492 e. The molecule has 0 aliphatic carbocycles. The first kappa shape index (κ1) is 20.5. The molecule has 4 rings (SSSR count). The molecule has 0 unspecified atom stereocenters. The zero-order valence-corrected chi connectivity index (χ0v) is 17.7. The Morgan fingerprint density at radius 1 is 0.900 bits per heavy atom. The number of aromatic nitrogens is 1. The van der Waals surface area contributed by atoms with Crippen molar-refractivity contribution in [3.8, 4) is 5.75 Å². The zero-order chi connectivity index (χ0) is 21.0. The summed E-state index contributed by atoms with van der Waals surface area (Å²) in [6.07, 6.45) is 1.56. The van der Waals surface area contributed by atoms with Crippen LogP contribution in [0.3, 0.4) is 0 Å². The van der Waals surface area contributed by atoms with Crippen LogP contribution >= 0.6 is 11.6 Å². The predicted octanol–water partition coefficient (Wildman–Crippen LogP) is 4.70. The van der Waals surface area contributed by atoms with E-state index in [1.807, 2.05) is 30.3 Å². The third-order valence-corrected chi connectivity index (χ3v) is 6.84. The van der Waals surface area contributed by atoms with Gasteiger partial charge in [0.05, 0.1) is 10.4 Å². The minimum Gasteiger partial charge on any atom is -0.492 e. The lowest BCUT2D eigenvalue weighted by Gasteiger charge is -2.11. The second-order valence-electron chi connectivity index (χ2n) is 6.74. The lowest BCUT2D eigenvalue weighted by Crippen LogP contribution is -2.20. The van der Waals surface area contributed by atoms with Crippen LogP contribution in [0, 0.1) is 0 Å². The first-order valence-corrected chi connectivity index (χ1v) is 11.4. The molecule has 3 aromatic carbocycles. The maximum atomic E-state index is 13.0. The second-order valence-corrected chi connectivity index (χ2v) is 8.96. The molecule has 0 aliphatic rings. The molecule has 0 bridgehead atoms. The van der Waals surface area contributed by atoms with Crippen LogP contribution in [-0.2, 0) is 16.6 Å². The molecule has 0 radical (unpaired) electrons. The summed E-state index contributed by atoms with van der Waals surface area (Å²) in [6, 6.07) is 23.3. The van der Waals surface area contributed by atoms with E-state index in [2.05, 4.69) is 5.32 Å². The molecule has 0 spiro atoms. The molecule has 0 saturated carbocycles. The summed E-state index contributed by atoms with van der Waals surface area (Å²) in [5, 5.41) is 4.79. The summed E-state index contributed by atoms with van der Waals surface area (Å²) in [4.78, 5) is 0.248. The Bertz CT molecular complexity index is 1250. The molecule has 0 fully saturated rings. The van der Waals surface area contributed by atoms with Gasteiger partial charge in [0.15, 0.2) is 0 Å². The molecule has 0 atom stereocenters. The third kappa shape index (κ3) is 4.21. The van der Waals surface area contributed by atoms with E-state index in [-0.39, 0.29) is 4.90 Å². The van der Waals surface area contributed by atoms with Gasteiger partial charge in [-0.3, -0.25) is 0 Å². The Morgan fingerprint density at radius 3 is 2.47 bits per heavy atom. The van der Waals surface area contributed by atoms with Crippen molar-refractivity contribution in [2.45, 2.75) is 11.4 Å². The summed E-state index contributed by atoms with van der Waals surface area (Å²) < 4.78 is 33.2. The van der Waals surface area contributed by atoms with Crippen molar-refractivity contribution in [2.75, 3.05) is 13.2 Å². The minimum atomic E-state index is -3.67. The van der Waals surface area contributed by atoms with Crippen molar-refractivity contribution >= 4 is 32.5 Å². The Labute approximate surface area is 180 Å². The van der Waals surface area contributed by atoms with Crippen LogP contribution in [-0.4, -0.2) is 25.5 Å². The summed E-state index contributed by atoms with van der Waals surface area (Å²) >= 11 is 6.16. The molecule has 4 aromatic rings.